The maximum atomic E-state index is 12.0. The highest BCUT2D eigenvalue weighted by Gasteiger charge is 2.15. The zero-order valence-electron chi connectivity index (χ0n) is 14.1. The number of amides is 2. The van der Waals surface area contributed by atoms with Crippen LogP contribution in [-0.2, 0) is 11.3 Å². The average Bonchev–Trinajstić information content (AvgIpc) is 3.15. The van der Waals surface area contributed by atoms with Crippen molar-refractivity contribution in [3.05, 3.63) is 54.4 Å². The molecule has 0 saturated carbocycles. The van der Waals surface area contributed by atoms with Crippen LogP contribution in [0.15, 0.2) is 48.8 Å². The molecule has 3 rings (SSSR count). The zero-order valence-corrected chi connectivity index (χ0v) is 14.1. The van der Waals surface area contributed by atoms with E-state index in [1.807, 2.05) is 30.3 Å². The van der Waals surface area contributed by atoms with Crippen LogP contribution in [0.2, 0.25) is 0 Å². The average molecular weight is 341 g/mol. The van der Waals surface area contributed by atoms with Gasteiger partial charge in [0, 0.05) is 42.9 Å². The summed E-state index contributed by atoms with van der Waals surface area (Å²) in [7, 11) is 0. The lowest BCUT2D eigenvalue weighted by atomic mass is 10.2. The van der Waals surface area contributed by atoms with Gasteiger partial charge in [-0.2, -0.15) is 0 Å². The number of pyridine rings is 1. The summed E-state index contributed by atoms with van der Waals surface area (Å²) in [6, 6.07) is 10.9. The molecular weight excluding hydrogens is 318 g/mol. The third-order valence-corrected chi connectivity index (χ3v) is 4.00. The lowest BCUT2D eigenvalue weighted by molar-refractivity contribution is 0.105. The summed E-state index contributed by atoms with van der Waals surface area (Å²) in [6.07, 6.45) is 6.82. The van der Waals surface area contributed by atoms with Crippen LogP contribution in [-0.4, -0.2) is 30.3 Å². The zero-order chi connectivity index (χ0) is 17.3. The van der Waals surface area contributed by atoms with Gasteiger partial charge in [0.05, 0.1) is 6.10 Å². The minimum Gasteiger partial charge on any atom is -0.489 e. The second kappa shape index (κ2) is 9.03. The Labute approximate surface area is 147 Å². The molecule has 0 unspecified atom stereocenters. The molecular formula is C19H23N3O3. The van der Waals surface area contributed by atoms with Gasteiger partial charge in [-0.1, -0.05) is 12.1 Å². The third kappa shape index (κ3) is 5.76. The molecule has 6 nitrogen and oxygen atoms in total. The predicted octanol–water partition coefficient (Wildman–Crippen LogP) is 3.35. The molecule has 1 aromatic carbocycles. The Morgan fingerprint density at radius 3 is 3.08 bits per heavy atom. The fraction of sp³-hybridized carbons (Fsp3) is 0.368. The molecule has 1 fully saturated rings. The van der Waals surface area contributed by atoms with E-state index in [9.17, 15) is 4.79 Å². The van der Waals surface area contributed by atoms with E-state index in [1.165, 1.54) is 0 Å². The second-order valence-corrected chi connectivity index (χ2v) is 5.98. The van der Waals surface area contributed by atoms with Gasteiger partial charge in [0.15, 0.2) is 0 Å². The molecule has 0 radical (unpaired) electrons. The van der Waals surface area contributed by atoms with E-state index in [-0.39, 0.29) is 12.1 Å². The molecule has 1 atom stereocenters. The number of anilines is 1. The topological polar surface area (TPSA) is 72.5 Å². The third-order valence-electron chi connectivity index (χ3n) is 4.00. The molecule has 1 aromatic heterocycles. The van der Waals surface area contributed by atoms with Crippen LogP contribution in [0.25, 0.3) is 0 Å². The van der Waals surface area contributed by atoms with Crippen molar-refractivity contribution in [3.8, 4) is 5.75 Å². The fourth-order valence-corrected chi connectivity index (χ4v) is 2.71. The van der Waals surface area contributed by atoms with Gasteiger partial charge in [-0.15, -0.1) is 0 Å². The van der Waals surface area contributed by atoms with Gasteiger partial charge in [0.2, 0.25) is 0 Å². The summed E-state index contributed by atoms with van der Waals surface area (Å²) in [4.78, 5) is 16.0. The van der Waals surface area contributed by atoms with E-state index < -0.39 is 0 Å². The number of benzene rings is 1. The Balaban J connectivity index is 1.43. The van der Waals surface area contributed by atoms with Gasteiger partial charge < -0.3 is 20.1 Å². The molecule has 0 aliphatic carbocycles. The molecule has 2 amide bonds. The number of rotatable bonds is 7. The largest absolute Gasteiger partial charge is 0.489 e. The molecule has 1 saturated heterocycles. The van der Waals surface area contributed by atoms with Crippen LogP contribution in [0.4, 0.5) is 10.5 Å². The summed E-state index contributed by atoms with van der Waals surface area (Å²) in [5, 5.41) is 5.68. The van der Waals surface area contributed by atoms with Gasteiger partial charge in [-0.25, -0.2) is 4.79 Å². The maximum absolute atomic E-state index is 12.0. The highest BCUT2D eigenvalue weighted by Crippen LogP contribution is 2.18. The summed E-state index contributed by atoms with van der Waals surface area (Å²) in [6.45, 7) is 1.88. The van der Waals surface area contributed by atoms with E-state index in [4.69, 9.17) is 9.47 Å². The number of carbonyl (C=O) groups excluding carboxylic acids is 1. The molecule has 25 heavy (non-hydrogen) atoms. The Kier molecular flexibility index (Phi) is 6.23. The highest BCUT2D eigenvalue weighted by atomic mass is 16.5. The lowest BCUT2D eigenvalue weighted by Crippen LogP contribution is -2.31. The van der Waals surface area contributed by atoms with E-state index in [2.05, 4.69) is 15.6 Å². The first kappa shape index (κ1) is 17.2. The van der Waals surface area contributed by atoms with Crippen LogP contribution in [0.5, 0.6) is 5.75 Å². The number of hydrogen-bond acceptors (Lipinski definition) is 4. The molecule has 2 N–H and O–H groups in total. The van der Waals surface area contributed by atoms with Crippen LogP contribution < -0.4 is 15.4 Å². The molecule has 2 heterocycles. The van der Waals surface area contributed by atoms with E-state index >= 15 is 0 Å². The first-order chi connectivity index (χ1) is 12.3. The summed E-state index contributed by atoms with van der Waals surface area (Å²) >= 11 is 0. The van der Waals surface area contributed by atoms with Crippen LogP contribution in [0.1, 0.15) is 24.8 Å². The molecule has 6 heteroatoms. The molecule has 1 aliphatic heterocycles. The first-order valence-corrected chi connectivity index (χ1v) is 8.58. The lowest BCUT2D eigenvalue weighted by Gasteiger charge is -2.12. The van der Waals surface area contributed by atoms with Crippen molar-refractivity contribution in [2.24, 2.45) is 0 Å². The predicted molar refractivity (Wildman–Crippen MR) is 95.6 cm³/mol. The van der Waals surface area contributed by atoms with Crippen molar-refractivity contribution in [2.45, 2.75) is 32.0 Å². The summed E-state index contributed by atoms with van der Waals surface area (Å²) < 4.78 is 11.3. The maximum Gasteiger partial charge on any atom is 0.319 e. The molecule has 0 bridgehead atoms. The molecule has 0 spiro atoms. The van der Waals surface area contributed by atoms with Crippen LogP contribution >= 0.6 is 0 Å². The number of hydrogen-bond donors (Lipinski definition) is 2. The van der Waals surface area contributed by atoms with Crippen molar-refractivity contribution in [1.29, 1.82) is 0 Å². The summed E-state index contributed by atoms with van der Waals surface area (Å²) in [5.74, 6) is 0.695. The molecule has 1 aliphatic rings. The van der Waals surface area contributed by atoms with E-state index in [0.717, 1.165) is 31.4 Å². The SMILES string of the molecule is O=C(NCC[C@H]1CCCO1)Nc1cccc(OCc2cccnc2)c1. The van der Waals surface area contributed by atoms with Gasteiger partial charge in [-0.3, -0.25) is 4.98 Å². The van der Waals surface area contributed by atoms with Gasteiger partial charge in [0.1, 0.15) is 12.4 Å². The van der Waals surface area contributed by atoms with Crippen molar-refractivity contribution in [3.63, 3.8) is 0 Å². The normalized spacial score (nSPS) is 16.4. The summed E-state index contributed by atoms with van der Waals surface area (Å²) in [5.41, 5.74) is 1.69. The minimum absolute atomic E-state index is 0.220. The number of ether oxygens (including phenoxy) is 2. The van der Waals surface area contributed by atoms with Gasteiger partial charge in [-0.05, 0) is 37.5 Å². The molecule has 132 valence electrons. The fourth-order valence-electron chi connectivity index (χ4n) is 2.71. The van der Waals surface area contributed by atoms with Gasteiger partial charge in [0.25, 0.3) is 0 Å². The number of nitrogens with one attached hydrogen (secondary N) is 2. The number of carbonyl (C=O) groups is 1. The second-order valence-electron chi connectivity index (χ2n) is 5.98. The Bertz CT molecular complexity index is 673. The first-order valence-electron chi connectivity index (χ1n) is 8.58. The van der Waals surface area contributed by atoms with Crippen molar-refractivity contribution < 1.29 is 14.3 Å². The Hall–Kier alpha value is -2.60. The number of aromatic nitrogens is 1. The van der Waals surface area contributed by atoms with Crippen molar-refractivity contribution >= 4 is 11.7 Å². The van der Waals surface area contributed by atoms with Crippen LogP contribution in [0, 0.1) is 0 Å². The highest BCUT2D eigenvalue weighted by molar-refractivity contribution is 5.89. The van der Waals surface area contributed by atoms with Gasteiger partial charge >= 0.3 is 6.03 Å². The minimum atomic E-state index is -0.220. The van der Waals surface area contributed by atoms with E-state index in [1.54, 1.807) is 18.5 Å². The van der Waals surface area contributed by atoms with Crippen molar-refractivity contribution in [1.82, 2.24) is 10.3 Å². The van der Waals surface area contributed by atoms with E-state index in [0.29, 0.717) is 24.6 Å². The number of nitrogens with zero attached hydrogens (tertiary/aromatic N) is 1. The Morgan fingerprint density at radius 1 is 1.32 bits per heavy atom. The van der Waals surface area contributed by atoms with Crippen LogP contribution in [0.3, 0.4) is 0 Å². The number of urea groups is 1. The monoisotopic (exact) mass is 341 g/mol. The molecule has 2 aromatic rings. The van der Waals surface area contributed by atoms with Crippen molar-refractivity contribution in [2.75, 3.05) is 18.5 Å². The Morgan fingerprint density at radius 2 is 2.28 bits per heavy atom. The standard InChI is InChI=1S/C19H23N3O3/c23-19(21-10-8-17-7-3-11-24-17)22-16-5-1-6-18(12-16)25-14-15-4-2-9-20-13-15/h1-2,4-6,9,12-13,17H,3,7-8,10-11,14H2,(H2,21,22,23)/t17-/m1/s1. The quantitative estimate of drug-likeness (QED) is 0.810. The smallest absolute Gasteiger partial charge is 0.319 e.